The van der Waals surface area contributed by atoms with Crippen LogP contribution in [-0.2, 0) is 0 Å². The Labute approximate surface area is 114 Å². The van der Waals surface area contributed by atoms with E-state index in [9.17, 15) is 10.1 Å². The van der Waals surface area contributed by atoms with Crippen LogP contribution in [0.5, 0.6) is 0 Å². The average molecular weight is 314 g/mol. The number of nitrogens with zero attached hydrogens (tertiary/aromatic N) is 2. The molecular weight excluding hydrogens is 298 g/mol. The first kappa shape index (κ1) is 13.3. The molecule has 1 atom stereocenters. The summed E-state index contributed by atoms with van der Waals surface area (Å²) < 4.78 is 0.620. The van der Waals surface area contributed by atoms with E-state index in [4.69, 9.17) is 0 Å². The molecule has 1 N–H and O–H groups in total. The molecule has 0 aromatic carbocycles. The number of halogens is 1. The minimum Gasteiger partial charge on any atom is -0.362 e. The number of hydrogen-bond acceptors (Lipinski definition) is 4. The molecule has 0 spiro atoms. The molecular formula is C12H16BrN3O2. The fourth-order valence-corrected chi connectivity index (χ4v) is 2.28. The van der Waals surface area contributed by atoms with Crippen LogP contribution in [0.4, 0.5) is 11.5 Å². The van der Waals surface area contributed by atoms with Crippen LogP contribution in [-0.4, -0.2) is 15.9 Å². The van der Waals surface area contributed by atoms with Crippen LogP contribution >= 0.6 is 15.9 Å². The maximum atomic E-state index is 11.0. The third kappa shape index (κ3) is 3.41. The maximum Gasteiger partial charge on any atom is 0.312 e. The van der Waals surface area contributed by atoms with E-state index in [0.717, 1.165) is 18.8 Å². The van der Waals surface area contributed by atoms with Crippen LogP contribution < -0.4 is 5.32 Å². The number of rotatable bonds is 6. The predicted octanol–water partition coefficient (Wildman–Crippen LogP) is 3.74. The third-order valence-electron chi connectivity index (χ3n) is 3.18. The van der Waals surface area contributed by atoms with Crippen molar-refractivity contribution in [1.82, 2.24) is 4.98 Å². The standard InChI is InChI=1S/C12H16BrN3O2/c1-2-10(5-8-3-4-8)15-12-11(16(17)18)6-9(13)7-14-12/h6-8,10H,2-5H2,1H3,(H,14,15). The molecule has 0 saturated heterocycles. The topological polar surface area (TPSA) is 68.1 Å². The molecule has 1 aromatic heterocycles. The number of pyridine rings is 1. The maximum absolute atomic E-state index is 11.0. The van der Waals surface area contributed by atoms with Crippen LogP contribution in [0.15, 0.2) is 16.7 Å². The van der Waals surface area contributed by atoms with Gasteiger partial charge in [-0.2, -0.15) is 0 Å². The Bertz CT molecular complexity index is 449. The van der Waals surface area contributed by atoms with Crippen molar-refractivity contribution in [3.05, 3.63) is 26.9 Å². The second-order valence-corrected chi connectivity index (χ2v) is 5.62. The van der Waals surface area contributed by atoms with Crippen LogP contribution in [0.1, 0.15) is 32.6 Å². The van der Waals surface area contributed by atoms with Crippen molar-refractivity contribution < 1.29 is 4.92 Å². The smallest absolute Gasteiger partial charge is 0.312 e. The number of hydrogen-bond donors (Lipinski definition) is 1. The minimum absolute atomic E-state index is 0.0265. The summed E-state index contributed by atoms with van der Waals surface area (Å²) >= 11 is 3.20. The highest BCUT2D eigenvalue weighted by molar-refractivity contribution is 9.10. The Hall–Kier alpha value is -1.17. The highest BCUT2D eigenvalue weighted by Gasteiger charge is 2.26. The molecule has 0 radical (unpaired) electrons. The Morgan fingerprint density at radius 2 is 2.39 bits per heavy atom. The molecule has 18 heavy (non-hydrogen) atoms. The number of nitro groups is 1. The molecule has 98 valence electrons. The van der Waals surface area contributed by atoms with E-state index in [1.165, 1.54) is 18.9 Å². The summed E-state index contributed by atoms with van der Waals surface area (Å²) in [6.07, 6.45) is 6.18. The first-order valence-electron chi connectivity index (χ1n) is 6.16. The van der Waals surface area contributed by atoms with Gasteiger partial charge in [0.1, 0.15) is 0 Å². The van der Waals surface area contributed by atoms with Gasteiger partial charge in [-0.1, -0.05) is 19.8 Å². The molecule has 1 aliphatic rings. The fraction of sp³-hybridized carbons (Fsp3) is 0.583. The summed E-state index contributed by atoms with van der Waals surface area (Å²) in [5.41, 5.74) is 0.0265. The fourth-order valence-electron chi connectivity index (χ4n) is 1.96. The SMILES string of the molecule is CCC(CC1CC1)Nc1ncc(Br)cc1[N+](=O)[O-]. The van der Waals surface area contributed by atoms with Gasteiger partial charge in [-0.05, 0) is 34.7 Å². The van der Waals surface area contributed by atoms with E-state index < -0.39 is 4.92 Å². The van der Waals surface area contributed by atoms with Crippen molar-refractivity contribution in [3.63, 3.8) is 0 Å². The molecule has 0 amide bonds. The zero-order valence-corrected chi connectivity index (χ0v) is 11.8. The van der Waals surface area contributed by atoms with Crippen LogP contribution in [0, 0.1) is 16.0 Å². The molecule has 0 bridgehead atoms. The van der Waals surface area contributed by atoms with Gasteiger partial charge in [0.05, 0.1) is 4.92 Å². The highest BCUT2D eigenvalue weighted by atomic mass is 79.9. The molecule has 6 heteroatoms. The molecule has 1 saturated carbocycles. The Morgan fingerprint density at radius 3 is 2.94 bits per heavy atom. The first-order chi connectivity index (χ1) is 8.60. The summed E-state index contributed by atoms with van der Waals surface area (Å²) in [7, 11) is 0. The summed E-state index contributed by atoms with van der Waals surface area (Å²) in [6, 6.07) is 1.75. The summed E-state index contributed by atoms with van der Waals surface area (Å²) in [5.74, 6) is 1.16. The predicted molar refractivity (Wildman–Crippen MR) is 73.6 cm³/mol. The van der Waals surface area contributed by atoms with Crippen molar-refractivity contribution in [2.45, 2.75) is 38.6 Å². The van der Waals surface area contributed by atoms with Gasteiger partial charge in [0.2, 0.25) is 5.82 Å². The summed E-state index contributed by atoms with van der Waals surface area (Å²) in [6.45, 7) is 2.09. The summed E-state index contributed by atoms with van der Waals surface area (Å²) in [5, 5.41) is 14.2. The summed E-state index contributed by atoms with van der Waals surface area (Å²) in [4.78, 5) is 14.7. The lowest BCUT2D eigenvalue weighted by Crippen LogP contribution is -2.20. The van der Waals surface area contributed by atoms with Gasteiger partial charge in [-0.3, -0.25) is 10.1 Å². The lowest BCUT2D eigenvalue weighted by atomic mass is 10.1. The van der Waals surface area contributed by atoms with Gasteiger partial charge in [-0.15, -0.1) is 0 Å². The van der Waals surface area contributed by atoms with Crippen molar-refractivity contribution in [3.8, 4) is 0 Å². The van der Waals surface area contributed by atoms with Crippen molar-refractivity contribution in [1.29, 1.82) is 0 Å². The molecule has 0 aliphatic heterocycles. The average Bonchev–Trinajstić information content (AvgIpc) is 3.14. The zero-order valence-electron chi connectivity index (χ0n) is 10.2. The van der Waals surface area contributed by atoms with Crippen LogP contribution in [0.3, 0.4) is 0 Å². The molecule has 2 rings (SSSR count). The molecule has 1 heterocycles. The van der Waals surface area contributed by atoms with Gasteiger partial charge < -0.3 is 5.32 Å². The second kappa shape index (κ2) is 5.65. The number of anilines is 1. The van der Waals surface area contributed by atoms with Crippen LogP contribution in [0.2, 0.25) is 0 Å². The second-order valence-electron chi connectivity index (χ2n) is 4.71. The van der Waals surface area contributed by atoms with Gasteiger partial charge in [-0.25, -0.2) is 4.98 Å². The van der Waals surface area contributed by atoms with Gasteiger partial charge in [0.15, 0.2) is 0 Å². The van der Waals surface area contributed by atoms with Gasteiger partial charge in [0, 0.05) is 22.8 Å². The highest BCUT2D eigenvalue weighted by Crippen LogP contribution is 2.35. The number of aromatic nitrogens is 1. The van der Waals surface area contributed by atoms with Gasteiger partial charge in [0.25, 0.3) is 0 Å². The van der Waals surface area contributed by atoms with E-state index in [0.29, 0.717) is 10.3 Å². The van der Waals surface area contributed by atoms with Crippen molar-refractivity contribution in [2.75, 3.05) is 5.32 Å². The molecule has 1 aliphatic carbocycles. The van der Waals surface area contributed by atoms with Crippen molar-refractivity contribution in [2.24, 2.45) is 5.92 Å². The van der Waals surface area contributed by atoms with Crippen LogP contribution in [0.25, 0.3) is 0 Å². The van der Waals surface area contributed by atoms with E-state index in [1.807, 2.05) is 0 Å². The van der Waals surface area contributed by atoms with E-state index in [1.54, 1.807) is 6.20 Å². The zero-order chi connectivity index (χ0) is 13.1. The van der Waals surface area contributed by atoms with E-state index in [-0.39, 0.29) is 11.7 Å². The molecule has 1 aromatic rings. The lowest BCUT2D eigenvalue weighted by Gasteiger charge is -2.17. The monoisotopic (exact) mass is 313 g/mol. The third-order valence-corrected chi connectivity index (χ3v) is 3.61. The molecule has 5 nitrogen and oxygen atoms in total. The van der Waals surface area contributed by atoms with E-state index in [2.05, 4.69) is 33.2 Å². The Kier molecular flexibility index (Phi) is 4.16. The Balaban J connectivity index is 2.13. The molecule has 1 fully saturated rings. The van der Waals surface area contributed by atoms with Crippen molar-refractivity contribution >= 4 is 27.4 Å². The first-order valence-corrected chi connectivity index (χ1v) is 6.96. The minimum atomic E-state index is -0.399. The molecule has 1 unspecified atom stereocenters. The van der Waals surface area contributed by atoms with E-state index >= 15 is 0 Å². The lowest BCUT2D eigenvalue weighted by molar-refractivity contribution is -0.384. The number of nitrogens with one attached hydrogen (secondary N) is 1. The Morgan fingerprint density at radius 1 is 1.67 bits per heavy atom. The quantitative estimate of drug-likeness (QED) is 0.641. The largest absolute Gasteiger partial charge is 0.362 e. The normalized spacial score (nSPS) is 16.3. The van der Waals surface area contributed by atoms with Gasteiger partial charge >= 0.3 is 5.69 Å².